The van der Waals surface area contributed by atoms with Crippen molar-refractivity contribution in [3.8, 4) is 11.5 Å². The van der Waals surface area contributed by atoms with Crippen LogP contribution in [0, 0.1) is 51.4 Å². The first-order valence-corrected chi connectivity index (χ1v) is 19.1. The van der Waals surface area contributed by atoms with Gasteiger partial charge < -0.3 is 44.4 Å². The molecule has 2 aliphatic heterocycles. The van der Waals surface area contributed by atoms with Crippen molar-refractivity contribution in [3.05, 3.63) is 80.2 Å². The van der Waals surface area contributed by atoms with Crippen molar-refractivity contribution >= 4 is 50.3 Å². The number of hydrogen-bond acceptors (Lipinski definition) is 12. The molecule has 13 heteroatoms. The van der Waals surface area contributed by atoms with Gasteiger partial charge in [0.25, 0.3) is 11.7 Å². The van der Waals surface area contributed by atoms with Crippen molar-refractivity contribution in [3.63, 3.8) is 0 Å². The van der Waals surface area contributed by atoms with Crippen molar-refractivity contribution in [2.45, 2.75) is 99.4 Å². The monoisotopic (exact) mass is 784 g/mol. The Hall–Kier alpha value is -5.08. The number of Topliss-reactive ketones (excluding diaryl/α,β-unsaturated/α-hetero) is 1. The molecule has 0 fully saturated rings. The van der Waals surface area contributed by atoms with E-state index < -0.39 is 76.7 Å². The van der Waals surface area contributed by atoms with E-state index in [1.165, 1.54) is 39.4 Å². The molecule has 1 aromatic heterocycles. The molecule has 0 unspecified atom stereocenters. The zero-order valence-corrected chi connectivity index (χ0v) is 34.2. The highest BCUT2D eigenvalue weighted by atomic mass is 16.7. The number of carbonyl (C=O) groups excluding carboxylic acids is 2. The summed E-state index contributed by atoms with van der Waals surface area (Å²) < 4.78 is 24.3. The van der Waals surface area contributed by atoms with Crippen LogP contribution in [0.15, 0.2) is 51.4 Å². The minimum atomic E-state index is -1.99. The van der Waals surface area contributed by atoms with E-state index >= 15 is 0 Å². The molecule has 4 aromatic rings. The third-order valence-corrected chi connectivity index (χ3v) is 12.2. The molecule has 57 heavy (non-hydrogen) atoms. The fourth-order valence-electron chi connectivity index (χ4n) is 7.97. The topological polar surface area (TPSA) is 198 Å². The predicted molar refractivity (Wildman–Crippen MR) is 216 cm³/mol. The molecule has 2 aliphatic rings. The van der Waals surface area contributed by atoms with Crippen LogP contribution >= 0.6 is 0 Å². The average molecular weight is 785 g/mol. The standard InChI is InChI=1S/C44H52N2O11/c1-18-13-12-14-19(2)43(53)46-34-39(51)30-29(33-41(34)56-28-17-20(3)21(4)22(5)32(28)45-33)31-40(26(9)38(30)50)57-44(10,42(31)52)55-16-15-27(54-11)23(6)36(48)25(8)37(49)24(7)35(18)47/h12-18,23-25,27,35-37,47-49,51H,1-11H3,(H,46,53)/b13-12+,16-15+,19-14-/t18-,23+,24+,25-,27-,35-,36+,37+,44-/m0/s1. The zero-order chi connectivity index (χ0) is 42.0. The fourth-order valence-corrected chi connectivity index (χ4v) is 7.97. The summed E-state index contributed by atoms with van der Waals surface area (Å²) >= 11 is 0. The van der Waals surface area contributed by atoms with Crippen LogP contribution in [0.25, 0.3) is 33.0 Å². The lowest BCUT2D eigenvalue weighted by atomic mass is 9.78. The molecule has 0 radical (unpaired) electrons. The number of nitrogens with zero attached hydrogens (tertiary/aromatic N) is 1. The van der Waals surface area contributed by atoms with Crippen LogP contribution in [0.4, 0.5) is 5.69 Å². The van der Waals surface area contributed by atoms with E-state index in [1.807, 2.05) is 20.8 Å². The highest BCUT2D eigenvalue weighted by Crippen LogP contribution is 2.48. The summed E-state index contributed by atoms with van der Waals surface area (Å²) in [6, 6.07) is 1.79. The molecular weight excluding hydrogens is 732 g/mol. The molecule has 304 valence electrons. The number of phenols is 1. The number of benzene rings is 3. The van der Waals surface area contributed by atoms with Gasteiger partial charge in [-0.2, -0.15) is 0 Å². The second-order valence-electron chi connectivity index (χ2n) is 15.9. The van der Waals surface area contributed by atoms with Gasteiger partial charge in [0.15, 0.2) is 22.3 Å². The number of phenolic OH excluding ortho intramolecular Hbond substituents is 1. The third kappa shape index (κ3) is 6.90. The van der Waals surface area contributed by atoms with E-state index in [0.29, 0.717) is 11.1 Å². The highest BCUT2D eigenvalue weighted by molar-refractivity contribution is 6.26. The van der Waals surface area contributed by atoms with Crippen LogP contribution in [-0.2, 0) is 14.3 Å². The van der Waals surface area contributed by atoms with Gasteiger partial charge in [-0.15, -0.1) is 0 Å². The normalized spacial score (nSPS) is 30.9. The molecule has 3 aromatic carbocycles. The number of aliphatic hydroxyl groups excluding tert-OH is 3. The lowest BCUT2D eigenvalue weighted by molar-refractivity contribution is -0.112. The van der Waals surface area contributed by atoms with Gasteiger partial charge in [0.05, 0.1) is 41.6 Å². The number of aliphatic hydroxyl groups is 3. The van der Waals surface area contributed by atoms with Crippen LogP contribution in [0.3, 0.4) is 0 Å². The predicted octanol–water partition coefficient (Wildman–Crippen LogP) is 6.35. The maximum atomic E-state index is 14.6. The van der Waals surface area contributed by atoms with Gasteiger partial charge >= 0.3 is 5.79 Å². The van der Waals surface area contributed by atoms with Gasteiger partial charge in [0.2, 0.25) is 0 Å². The Morgan fingerprint density at radius 3 is 2.16 bits per heavy atom. The maximum Gasteiger partial charge on any atom is 0.312 e. The minimum Gasteiger partial charge on any atom is -0.505 e. The average Bonchev–Trinajstić information content (AvgIpc) is 3.45. The van der Waals surface area contributed by atoms with Crippen molar-refractivity contribution in [2.24, 2.45) is 23.7 Å². The molecule has 4 bridgehead atoms. The second kappa shape index (κ2) is 15.4. The first-order chi connectivity index (χ1) is 26.7. The van der Waals surface area contributed by atoms with Crippen LogP contribution < -0.4 is 15.5 Å². The number of hydrogen-bond donors (Lipinski definition) is 5. The van der Waals surface area contributed by atoms with Crippen LogP contribution in [-0.4, -0.2) is 74.4 Å². The SMILES string of the molecule is CO[C@H]1/C=C/O[C@@]2(C)Oc3c(C)c(=O)c4c(O)c(c5oc6cc(C)c(C)c(C)c6nc5c4c3C2=O)NC(=O)/C(C)=C\C=C\[C@H](C)[C@H](O)[C@@H](C)[C@@H](O)[C@@H](C)[C@H](O)[C@@H]1C. The second-order valence-corrected chi connectivity index (χ2v) is 15.9. The van der Waals surface area contributed by atoms with Gasteiger partial charge in [-0.05, 0) is 63.5 Å². The number of carbonyl (C=O) groups is 2. The highest BCUT2D eigenvalue weighted by Gasteiger charge is 2.49. The number of aromatic hydroxyl groups is 1. The van der Waals surface area contributed by atoms with Crippen molar-refractivity contribution in [1.82, 2.24) is 4.98 Å². The first kappa shape index (κ1) is 41.6. The molecule has 0 aliphatic carbocycles. The Bertz CT molecular complexity index is 2460. The molecular formula is C44H52N2O11. The first-order valence-electron chi connectivity index (χ1n) is 19.1. The summed E-state index contributed by atoms with van der Waals surface area (Å²) in [5, 5.41) is 48.3. The maximum absolute atomic E-state index is 14.6. The van der Waals surface area contributed by atoms with E-state index in [1.54, 1.807) is 52.8 Å². The van der Waals surface area contributed by atoms with Crippen molar-refractivity contribution < 1.29 is 48.6 Å². The Morgan fingerprint density at radius 2 is 1.49 bits per heavy atom. The Morgan fingerprint density at radius 1 is 0.842 bits per heavy atom. The lowest BCUT2D eigenvalue weighted by Gasteiger charge is -2.36. The number of rotatable bonds is 1. The third-order valence-electron chi connectivity index (χ3n) is 12.2. The summed E-state index contributed by atoms with van der Waals surface area (Å²) in [6.07, 6.45) is 3.61. The lowest BCUT2D eigenvalue weighted by Crippen LogP contribution is -2.44. The Kier molecular flexibility index (Phi) is 11.2. The molecule has 6 rings (SSSR count). The van der Waals surface area contributed by atoms with Crippen LogP contribution in [0.1, 0.15) is 74.2 Å². The van der Waals surface area contributed by atoms with Gasteiger partial charge in [-0.3, -0.25) is 14.4 Å². The van der Waals surface area contributed by atoms with Crippen LogP contribution in [0.5, 0.6) is 11.5 Å². The van der Waals surface area contributed by atoms with E-state index in [9.17, 15) is 34.8 Å². The number of aryl methyl sites for hydroxylation is 2. The number of ketones is 1. The van der Waals surface area contributed by atoms with E-state index in [-0.39, 0.29) is 50.0 Å². The van der Waals surface area contributed by atoms with Gasteiger partial charge in [0, 0.05) is 54.2 Å². The number of fused-ring (bicyclic) bond motifs is 2. The number of ether oxygens (including phenoxy) is 3. The molecule has 0 saturated heterocycles. The molecule has 13 nitrogen and oxygen atoms in total. The number of methoxy groups -OCH3 is 1. The van der Waals surface area contributed by atoms with Crippen LogP contribution in [0.2, 0.25) is 0 Å². The van der Waals surface area contributed by atoms with E-state index in [0.717, 1.165) is 16.7 Å². The molecule has 0 saturated carbocycles. The quantitative estimate of drug-likeness (QED) is 0.0816. The molecule has 3 heterocycles. The zero-order valence-electron chi connectivity index (χ0n) is 34.2. The number of aromatic nitrogens is 1. The van der Waals surface area contributed by atoms with Crippen molar-refractivity contribution in [1.29, 1.82) is 0 Å². The van der Waals surface area contributed by atoms with Crippen molar-refractivity contribution in [2.75, 3.05) is 12.4 Å². The Balaban J connectivity index is 1.62. The molecule has 0 spiro atoms. The largest absolute Gasteiger partial charge is 0.505 e. The van der Waals surface area contributed by atoms with E-state index in [2.05, 4.69) is 5.32 Å². The summed E-state index contributed by atoms with van der Waals surface area (Å²) in [6.45, 7) is 17.1. The molecule has 9 atom stereocenters. The summed E-state index contributed by atoms with van der Waals surface area (Å²) in [5.41, 5.74) is 2.71. The van der Waals surface area contributed by atoms with Gasteiger partial charge in [-0.1, -0.05) is 45.9 Å². The van der Waals surface area contributed by atoms with Gasteiger partial charge in [-0.25, -0.2) is 4.98 Å². The summed E-state index contributed by atoms with van der Waals surface area (Å²) in [4.78, 5) is 47.6. The molecule has 1 amide bonds. The number of anilines is 1. The van der Waals surface area contributed by atoms with E-state index in [4.69, 9.17) is 23.6 Å². The molecule has 5 N–H and O–H groups in total. The number of amides is 1. The Labute approximate surface area is 330 Å². The summed E-state index contributed by atoms with van der Waals surface area (Å²) in [5.74, 6) is -6.38. The summed E-state index contributed by atoms with van der Waals surface area (Å²) in [7, 11) is 1.45. The minimum absolute atomic E-state index is 0.0192. The smallest absolute Gasteiger partial charge is 0.312 e. The fraction of sp³-hybridized carbons (Fsp3) is 0.455. The number of allylic oxidation sites excluding steroid dienone is 2. The number of nitrogens with one attached hydrogen (secondary N) is 1. The van der Waals surface area contributed by atoms with Gasteiger partial charge in [0.1, 0.15) is 22.5 Å².